The van der Waals surface area contributed by atoms with Crippen LogP contribution in [0.3, 0.4) is 0 Å². The molecule has 114 valence electrons. The molecule has 0 amide bonds. The summed E-state index contributed by atoms with van der Waals surface area (Å²) in [7, 11) is 0. The van der Waals surface area contributed by atoms with Gasteiger partial charge in [0.1, 0.15) is 5.69 Å². The molecule has 2 rings (SSSR count). The average Bonchev–Trinajstić information content (AvgIpc) is 2.38. The standard InChI is InChI=1S/C14H13F5N2/c1-3-4-20-12-7(2)13(14(17,18)19)21-11-6-10(16)9(15)5-8(11)12/h5-6H,3-4H2,1-2H3,(H,20,21). The van der Waals surface area contributed by atoms with Crippen LogP contribution in [0.4, 0.5) is 27.6 Å². The number of fused-ring (bicyclic) bond motifs is 1. The molecular formula is C14H13F5N2. The minimum atomic E-state index is -4.66. The van der Waals surface area contributed by atoms with Gasteiger partial charge in [-0.1, -0.05) is 6.92 Å². The lowest BCUT2D eigenvalue weighted by Crippen LogP contribution is -2.14. The first-order valence-electron chi connectivity index (χ1n) is 6.36. The van der Waals surface area contributed by atoms with Crippen LogP contribution in [0.2, 0.25) is 0 Å². The van der Waals surface area contributed by atoms with Gasteiger partial charge in [-0.25, -0.2) is 13.8 Å². The van der Waals surface area contributed by atoms with Crippen LogP contribution in [0.5, 0.6) is 0 Å². The summed E-state index contributed by atoms with van der Waals surface area (Å²) in [6.45, 7) is 3.52. The van der Waals surface area contributed by atoms with Crippen molar-refractivity contribution in [3.05, 3.63) is 35.0 Å². The van der Waals surface area contributed by atoms with Crippen LogP contribution in [0.25, 0.3) is 10.9 Å². The maximum Gasteiger partial charge on any atom is 0.433 e. The van der Waals surface area contributed by atoms with E-state index in [1.165, 1.54) is 6.92 Å². The molecule has 0 radical (unpaired) electrons. The number of anilines is 1. The molecule has 1 aromatic heterocycles. The van der Waals surface area contributed by atoms with Crippen LogP contribution in [0, 0.1) is 18.6 Å². The Balaban J connectivity index is 2.79. The first-order valence-corrected chi connectivity index (χ1v) is 6.36. The smallest absolute Gasteiger partial charge is 0.384 e. The third-order valence-electron chi connectivity index (χ3n) is 3.09. The molecule has 0 saturated heterocycles. The molecule has 0 aliphatic carbocycles. The number of aromatic nitrogens is 1. The minimum absolute atomic E-state index is 0.130. The Morgan fingerprint density at radius 2 is 1.76 bits per heavy atom. The summed E-state index contributed by atoms with van der Waals surface area (Å²) in [6.07, 6.45) is -3.99. The number of rotatable bonds is 3. The third-order valence-corrected chi connectivity index (χ3v) is 3.09. The van der Waals surface area contributed by atoms with Crippen molar-refractivity contribution in [2.45, 2.75) is 26.4 Å². The summed E-state index contributed by atoms with van der Waals surface area (Å²) in [6, 6.07) is 1.54. The van der Waals surface area contributed by atoms with E-state index in [4.69, 9.17) is 0 Å². The molecule has 0 bridgehead atoms. The van der Waals surface area contributed by atoms with Gasteiger partial charge in [-0.2, -0.15) is 13.2 Å². The van der Waals surface area contributed by atoms with Crippen LogP contribution in [-0.2, 0) is 6.18 Å². The van der Waals surface area contributed by atoms with Gasteiger partial charge in [0, 0.05) is 29.2 Å². The molecule has 2 aromatic rings. The number of nitrogens with one attached hydrogen (secondary N) is 1. The van der Waals surface area contributed by atoms with Crippen LogP contribution in [-0.4, -0.2) is 11.5 Å². The fourth-order valence-electron chi connectivity index (χ4n) is 2.11. The highest BCUT2D eigenvalue weighted by atomic mass is 19.4. The largest absolute Gasteiger partial charge is 0.433 e. The zero-order chi connectivity index (χ0) is 15.8. The maximum absolute atomic E-state index is 13.4. The van der Waals surface area contributed by atoms with Gasteiger partial charge in [-0.15, -0.1) is 0 Å². The Labute approximate surface area is 118 Å². The molecule has 0 aliphatic heterocycles. The van der Waals surface area contributed by atoms with E-state index in [0.717, 1.165) is 6.07 Å². The fourth-order valence-corrected chi connectivity index (χ4v) is 2.11. The minimum Gasteiger partial charge on any atom is -0.384 e. The van der Waals surface area contributed by atoms with E-state index < -0.39 is 23.5 Å². The number of halogens is 5. The first kappa shape index (κ1) is 15.5. The van der Waals surface area contributed by atoms with Crippen LogP contribution in [0.15, 0.2) is 12.1 Å². The molecule has 0 aliphatic rings. The fraction of sp³-hybridized carbons (Fsp3) is 0.357. The van der Waals surface area contributed by atoms with Crippen LogP contribution < -0.4 is 5.32 Å². The molecule has 1 aromatic carbocycles. The van der Waals surface area contributed by atoms with Crippen molar-refractivity contribution in [2.75, 3.05) is 11.9 Å². The number of pyridine rings is 1. The second kappa shape index (κ2) is 5.46. The van der Waals surface area contributed by atoms with Crippen molar-refractivity contribution < 1.29 is 22.0 Å². The van der Waals surface area contributed by atoms with Crippen molar-refractivity contribution in [2.24, 2.45) is 0 Å². The van der Waals surface area contributed by atoms with E-state index in [0.29, 0.717) is 19.0 Å². The molecule has 7 heteroatoms. The first-order chi connectivity index (χ1) is 9.75. The molecule has 1 N–H and O–H groups in total. The van der Waals surface area contributed by atoms with Crippen molar-refractivity contribution >= 4 is 16.6 Å². The SMILES string of the molecule is CCCNc1c(C)c(C(F)(F)F)nc2cc(F)c(F)cc12. The molecule has 0 spiro atoms. The van der Waals surface area contributed by atoms with E-state index in [-0.39, 0.29) is 22.2 Å². The summed E-state index contributed by atoms with van der Waals surface area (Å²) in [5, 5.41) is 2.97. The van der Waals surface area contributed by atoms with E-state index in [2.05, 4.69) is 10.3 Å². The van der Waals surface area contributed by atoms with Gasteiger partial charge in [0.15, 0.2) is 11.6 Å². The highest BCUT2D eigenvalue weighted by Crippen LogP contribution is 2.37. The Morgan fingerprint density at radius 3 is 2.33 bits per heavy atom. The van der Waals surface area contributed by atoms with Crippen LogP contribution >= 0.6 is 0 Å². The summed E-state index contributed by atoms with van der Waals surface area (Å²) >= 11 is 0. The number of hydrogen-bond acceptors (Lipinski definition) is 2. The molecular weight excluding hydrogens is 291 g/mol. The lowest BCUT2D eigenvalue weighted by Gasteiger charge is -2.17. The molecule has 21 heavy (non-hydrogen) atoms. The lowest BCUT2D eigenvalue weighted by molar-refractivity contribution is -0.141. The third kappa shape index (κ3) is 2.91. The number of nitrogens with zero attached hydrogens (tertiary/aromatic N) is 1. The zero-order valence-electron chi connectivity index (χ0n) is 11.4. The van der Waals surface area contributed by atoms with Crippen molar-refractivity contribution in [1.82, 2.24) is 4.98 Å². The van der Waals surface area contributed by atoms with Gasteiger partial charge in [-0.3, -0.25) is 0 Å². The van der Waals surface area contributed by atoms with E-state index in [1.807, 2.05) is 6.92 Å². The lowest BCUT2D eigenvalue weighted by atomic mass is 10.1. The average molecular weight is 304 g/mol. The Hall–Kier alpha value is -1.92. The Kier molecular flexibility index (Phi) is 4.02. The molecule has 0 saturated carbocycles. The molecule has 0 unspecified atom stereocenters. The predicted molar refractivity (Wildman–Crippen MR) is 70.2 cm³/mol. The molecule has 0 fully saturated rings. The van der Waals surface area contributed by atoms with E-state index >= 15 is 0 Å². The van der Waals surface area contributed by atoms with E-state index in [9.17, 15) is 22.0 Å². The summed E-state index contributed by atoms with van der Waals surface area (Å²) < 4.78 is 65.6. The van der Waals surface area contributed by atoms with Gasteiger partial charge in [0.25, 0.3) is 0 Å². The number of alkyl halides is 3. The van der Waals surface area contributed by atoms with Crippen molar-refractivity contribution in [3.8, 4) is 0 Å². The highest BCUT2D eigenvalue weighted by molar-refractivity contribution is 5.93. The second-order valence-corrected chi connectivity index (χ2v) is 4.67. The topological polar surface area (TPSA) is 24.9 Å². The Bertz CT molecular complexity index is 679. The summed E-state index contributed by atoms with van der Waals surface area (Å²) in [5.74, 6) is -2.35. The second-order valence-electron chi connectivity index (χ2n) is 4.67. The summed E-state index contributed by atoms with van der Waals surface area (Å²) in [4.78, 5) is 3.45. The Morgan fingerprint density at radius 1 is 1.14 bits per heavy atom. The molecule has 0 atom stereocenters. The van der Waals surface area contributed by atoms with Gasteiger partial charge in [0.2, 0.25) is 0 Å². The van der Waals surface area contributed by atoms with Gasteiger partial charge >= 0.3 is 6.18 Å². The van der Waals surface area contributed by atoms with Crippen molar-refractivity contribution in [1.29, 1.82) is 0 Å². The summed E-state index contributed by atoms with van der Waals surface area (Å²) in [5.41, 5.74) is -1.33. The zero-order valence-corrected chi connectivity index (χ0v) is 11.4. The maximum atomic E-state index is 13.4. The van der Waals surface area contributed by atoms with Gasteiger partial charge < -0.3 is 5.32 Å². The molecule has 2 nitrogen and oxygen atoms in total. The predicted octanol–water partition coefficient (Wildman–Crippen LogP) is 4.66. The van der Waals surface area contributed by atoms with Gasteiger partial charge in [-0.05, 0) is 19.4 Å². The quantitative estimate of drug-likeness (QED) is 0.834. The number of hydrogen-bond donors (Lipinski definition) is 1. The number of benzene rings is 1. The molecule has 1 heterocycles. The van der Waals surface area contributed by atoms with E-state index in [1.54, 1.807) is 0 Å². The van der Waals surface area contributed by atoms with Crippen molar-refractivity contribution in [3.63, 3.8) is 0 Å². The van der Waals surface area contributed by atoms with Gasteiger partial charge in [0.05, 0.1) is 5.52 Å². The van der Waals surface area contributed by atoms with Crippen LogP contribution in [0.1, 0.15) is 24.6 Å². The highest BCUT2D eigenvalue weighted by Gasteiger charge is 2.36. The normalized spacial score (nSPS) is 12.0. The monoisotopic (exact) mass is 304 g/mol.